The number of hydrogen-bond donors (Lipinski definition) is 0. The quantitative estimate of drug-likeness (QED) is 0.824. The molecule has 5 heteroatoms. The topological polar surface area (TPSA) is 36.7 Å². The number of rotatable bonds is 2. The molecular formula is C13H7Cl2FN2. The lowest BCUT2D eigenvalue weighted by molar-refractivity contribution is 0.606. The van der Waals surface area contributed by atoms with Crippen molar-refractivity contribution >= 4 is 23.2 Å². The zero-order valence-electron chi connectivity index (χ0n) is 9.12. The van der Waals surface area contributed by atoms with Crippen LogP contribution in [0, 0.1) is 17.1 Å². The average Bonchev–Trinajstić information content (AvgIpc) is 2.36. The van der Waals surface area contributed by atoms with E-state index in [4.69, 9.17) is 28.5 Å². The molecule has 0 spiro atoms. The molecule has 1 aromatic heterocycles. The minimum Gasteiger partial charge on any atom is -0.249 e. The molecule has 0 saturated carbocycles. The molecule has 0 bridgehead atoms. The molecule has 90 valence electrons. The SMILES string of the molecule is N#CCc1nc(-c2ccc(Cl)c(Cl)c2)ccc1F. The van der Waals surface area contributed by atoms with E-state index in [2.05, 4.69) is 4.98 Å². The number of pyridine rings is 1. The van der Waals surface area contributed by atoms with Crippen molar-refractivity contribution in [1.29, 1.82) is 5.26 Å². The van der Waals surface area contributed by atoms with E-state index in [9.17, 15) is 4.39 Å². The van der Waals surface area contributed by atoms with Crippen LogP contribution in [0.25, 0.3) is 11.3 Å². The summed E-state index contributed by atoms with van der Waals surface area (Å²) in [4.78, 5) is 4.10. The maximum absolute atomic E-state index is 13.4. The largest absolute Gasteiger partial charge is 0.249 e. The molecule has 2 rings (SSSR count). The summed E-state index contributed by atoms with van der Waals surface area (Å²) in [5.41, 5.74) is 1.41. The fourth-order valence-electron chi connectivity index (χ4n) is 1.50. The Morgan fingerprint density at radius 2 is 1.94 bits per heavy atom. The Labute approximate surface area is 114 Å². The lowest BCUT2D eigenvalue weighted by atomic mass is 10.1. The van der Waals surface area contributed by atoms with Crippen LogP contribution in [-0.4, -0.2) is 4.98 Å². The Bertz CT molecular complexity index is 635. The summed E-state index contributed by atoms with van der Waals surface area (Å²) >= 11 is 11.7. The Morgan fingerprint density at radius 1 is 1.17 bits per heavy atom. The third-order valence-electron chi connectivity index (χ3n) is 2.38. The number of halogens is 3. The summed E-state index contributed by atoms with van der Waals surface area (Å²) in [6.45, 7) is 0. The molecule has 0 atom stereocenters. The fraction of sp³-hybridized carbons (Fsp3) is 0.0769. The second-order valence-electron chi connectivity index (χ2n) is 3.59. The van der Waals surface area contributed by atoms with E-state index in [0.29, 0.717) is 15.7 Å². The third kappa shape index (κ3) is 2.61. The predicted molar refractivity (Wildman–Crippen MR) is 69.0 cm³/mol. The maximum Gasteiger partial charge on any atom is 0.145 e. The zero-order chi connectivity index (χ0) is 13.1. The van der Waals surface area contributed by atoms with Gasteiger partial charge in [0.05, 0.1) is 33.9 Å². The van der Waals surface area contributed by atoms with Gasteiger partial charge < -0.3 is 0 Å². The van der Waals surface area contributed by atoms with Crippen molar-refractivity contribution in [1.82, 2.24) is 4.98 Å². The van der Waals surface area contributed by atoms with Crippen molar-refractivity contribution in [2.24, 2.45) is 0 Å². The van der Waals surface area contributed by atoms with E-state index in [1.807, 2.05) is 6.07 Å². The van der Waals surface area contributed by atoms with Gasteiger partial charge >= 0.3 is 0 Å². The van der Waals surface area contributed by atoms with Crippen molar-refractivity contribution in [2.75, 3.05) is 0 Å². The van der Waals surface area contributed by atoms with E-state index < -0.39 is 5.82 Å². The van der Waals surface area contributed by atoms with Crippen LogP contribution in [-0.2, 0) is 6.42 Å². The molecular weight excluding hydrogens is 274 g/mol. The van der Waals surface area contributed by atoms with Crippen LogP contribution in [0.15, 0.2) is 30.3 Å². The lowest BCUT2D eigenvalue weighted by Gasteiger charge is -2.05. The Balaban J connectivity index is 2.48. The molecule has 0 unspecified atom stereocenters. The first-order valence-electron chi connectivity index (χ1n) is 5.09. The lowest BCUT2D eigenvalue weighted by Crippen LogP contribution is -1.95. The van der Waals surface area contributed by atoms with Gasteiger partial charge in [-0.05, 0) is 24.3 Å². The molecule has 0 aliphatic heterocycles. The van der Waals surface area contributed by atoms with Gasteiger partial charge in [0, 0.05) is 5.56 Å². The van der Waals surface area contributed by atoms with Gasteiger partial charge in [0.25, 0.3) is 0 Å². The highest BCUT2D eigenvalue weighted by Crippen LogP contribution is 2.28. The normalized spacial score (nSPS) is 10.1. The average molecular weight is 281 g/mol. The predicted octanol–water partition coefficient (Wildman–Crippen LogP) is 4.26. The van der Waals surface area contributed by atoms with E-state index in [1.54, 1.807) is 18.2 Å². The molecule has 0 aliphatic rings. The van der Waals surface area contributed by atoms with E-state index >= 15 is 0 Å². The Morgan fingerprint density at radius 3 is 2.61 bits per heavy atom. The van der Waals surface area contributed by atoms with Crippen molar-refractivity contribution in [3.05, 3.63) is 51.9 Å². The first-order chi connectivity index (χ1) is 8.61. The maximum atomic E-state index is 13.4. The van der Waals surface area contributed by atoms with E-state index in [-0.39, 0.29) is 12.1 Å². The molecule has 0 amide bonds. The molecule has 0 saturated heterocycles. The molecule has 0 radical (unpaired) electrons. The molecule has 2 nitrogen and oxygen atoms in total. The van der Waals surface area contributed by atoms with Gasteiger partial charge in [-0.15, -0.1) is 0 Å². The van der Waals surface area contributed by atoms with Crippen molar-refractivity contribution in [3.8, 4) is 17.3 Å². The fourth-order valence-corrected chi connectivity index (χ4v) is 1.80. The zero-order valence-corrected chi connectivity index (χ0v) is 10.6. The number of nitriles is 1. The molecule has 0 N–H and O–H groups in total. The van der Waals surface area contributed by atoms with Gasteiger partial charge in [-0.25, -0.2) is 9.37 Å². The molecule has 1 heterocycles. The number of nitrogens with zero attached hydrogens (tertiary/aromatic N) is 2. The summed E-state index contributed by atoms with van der Waals surface area (Å²) in [6, 6.07) is 9.74. The minimum atomic E-state index is -0.486. The third-order valence-corrected chi connectivity index (χ3v) is 3.12. The van der Waals surface area contributed by atoms with E-state index in [0.717, 1.165) is 5.56 Å². The summed E-state index contributed by atoms with van der Waals surface area (Å²) in [6.07, 6.45) is -0.0685. The van der Waals surface area contributed by atoms with Crippen LogP contribution in [0.2, 0.25) is 10.0 Å². The highest BCUT2D eigenvalue weighted by Gasteiger charge is 2.08. The number of hydrogen-bond acceptors (Lipinski definition) is 2. The van der Waals surface area contributed by atoms with E-state index in [1.165, 1.54) is 12.1 Å². The first-order valence-corrected chi connectivity index (χ1v) is 5.85. The molecule has 2 aromatic rings. The van der Waals surface area contributed by atoms with Gasteiger partial charge in [-0.3, -0.25) is 0 Å². The van der Waals surface area contributed by atoms with Crippen molar-refractivity contribution < 1.29 is 4.39 Å². The van der Waals surface area contributed by atoms with Crippen LogP contribution in [0.3, 0.4) is 0 Å². The second kappa shape index (κ2) is 5.34. The van der Waals surface area contributed by atoms with Crippen LogP contribution < -0.4 is 0 Å². The summed E-state index contributed by atoms with van der Waals surface area (Å²) in [5, 5.41) is 9.44. The number of benzene rings is 1. The van der Waals surface area contributed by atoms with Crippen LogP contribution in [0.5, 0.6) is 0 Å². The standard InChI is InChI=1S/C13H7Cl2FN2/c14-9-2-1-8(7-10(9)15)12-4-3-11(16)13(18-12)5-6-17/h1-4,7H,5H2. The van der Waals surface area contributed by atoms with Crippen molar-refractivity contribution in [3.63, 3.8) is 0 Å². The Hall–Kier alpha value is -1.63. The number of aromatic nitrogens is 1. The summed E-state index contributed by atoms with van der Waals surface area (Å²) in [7, 11) is 0. The van der Waals surface area contributed by atoms with Crippen molar-refractivity contribution in [2.45, 2.75) is 6.42 Å². The van der Waals surface area contributed by atoms with Gasteiger partial charge in [0.1, 0.15) is 5.82 Å². The highest BCUT2D eigenvalue weighted by atomic mass is 35.5. The molecule has 0 fully saturated rings. The summed E-state index contributed by atoms with van der Waals surface area (Å²) in [5.74, 6) is -0.486. The second-order valence-corrected chi connectivity index (χ2v) is 4.40. The van der Waals surface area contributed by atoms with Gasteiger partial charge in [0.15, 0.2) is 0 Å². The summed E-state index contributed by atoms with van der Waals surface area (Å²) < 4.78 is 13.4. The van der Waals surface area contributed by atoms with Crippen LogP contribution in [0.1, 0.15) is 5.69 Å². The monoisotopic (exact) mass is 280 g/mol. The highest BCUT2D eigenvalue weighted by molar-refractivity contribution is 6.42. The molecule has 1 aromatic carbocycles. The van der Waals surface area contributed by atoms with Crippen LogP contribution in [0.4, 0.5) is 4.39 Å². The van der Waals surface area contributed by atoms with Crippen LogP contribution >= 0.6 is 23.2 Å². The first kappa shape index (κ1) is 12.8. The van der Waals surface area contributed by atoms with Gasteiger partial charge in [-0.2, -0.15) is 5.26 Å². The van der Waals surface area contributed by atoms with Gasteiger partial charge in [0.2, 0.25) is 0 Å². The Kier molecular flexibility index (Phi) is 3.81. The molecule has 18 heavy (non-hydrogen) atoms. The molecule has 0 aliphatic carbocycles. The van der Waals surface area contributed by atoms with Gasteiger partial charge in [-0.1, -0.05) is 29.3 Å². The minimum absolute atomic E-state index is 0.0685. The smallest absolute Gasteiger partial charge is 0.145 e.